The van der Waals surface area contributed by atoms with Crippen molar-refractivity contribution in [3.63, 3.8) is 0 Å². The van der Waals surface area contributed by atoms with Crippen LogP contribution in [-0.4, -0.2) is 56.2 Å². The van der Waals surface area contributed by atoms with Gasteiger partial charge in [0.15, 0.2) is 5.82 Å². The summed E-state index contributed by atoms with van der Waals surface area (Å²) < 4.78 is 46.2. The van der Waals surface area contributed by atoms with Crippen LogP contribution in [0, 0.1) is 25.7 Å². The van der Waals surface area contributed by atoms with Crippen LogP contribution in [0.15, 0.2) is 56.9 Å². The van der Waals surface area contributed by atoms with Crippen LogP contribution >= 0.6 is 0 Å². The summed E-state index contributed by atoms with van der Waals surface area (Å²) in [5.41, 5.74) is 3.10. The number of nitrogens with zero attached hydrogens (tertiary/aromatic N) is 4. The molecular weight excluding hydrogens is 604 g/mol. The summed E-state index contributed by atoms with van der Waals surface area (Å²) in [6, 6.07) is 12.9. The molecule has 46 heavy (non-hydrogen) atoms. The number of aryl methyl sites for hydroxylation is 1. The molecule has 2 saturated carbocycles. The lowest BCUT2D eigenvalue weighted by atomic mass is 9.93. The number of benzene rings is 2. The van der Waals surface area contributed by atoms with Gasteiger partial charge < -0.3 is 14.0 Å². The number of amides is 1. The predicted octanol–water partition coefficient (Wildman–Crippen LogP) is 6.39. The lowest BCUT2D eigenvalue weighted by molar-refractivity contribution is -0.131. The largest absolute Gasteiger partial charge is 0.377 e. The molecule has 3 aromatic rings. The fourth-order valence-corrected chi connectivity index (χ4v) is 8.58. The third kappa shape index (κ3) is 5.89. The first-order valence-electron chi connectivity index (χ1n) is 16.3. The number of hydrogen-bond donors (Lipinski definition) is 0. The van der Waals surface area contributed by atoms with Gasteiger partial charge in [0, 0.05) is 31.3 Å². The molecule has 246 valence electrons. The van der Waals surface area contributed by atoms with Crippen LogP contribution in [0.1, 0.15) is 74.8 Å². The maximum Gasteiger partial charge on any atom is 0.268 e. The molecule has 0 bridgehead atoms. The van der Waals surface area contributed by atoms with Crippen molar-refractivity contribution in [3.05, 3.63) is 64.9 Å². The van der Waals surface area contributed by atoms with E-state index in [2.05, 4.69) is 12.1 Å². The second-order valence-corrected chi connectivity index (χ2v) is 14.6. The number of aliphatic imine (C=N–C) groups is 1. The standard InChI is InChI=1S/C35H44N4O6S/c1-6-8-13-32-36-35(18-26-17-27(26)19-35)34(40)38(32)20-25-14-15-29(28(16-25)21-44-7-2)30-11-9-10-12-31(30)46(41,42)39(22-43-5)33-23(3)24(4)45-37-33/h9-12,14-16,26-27H,6-8,13,17-22H2,1-5H3/t26-,27?,35?/m0/s1. The number of unbranched alkanes of at least 4 members (excludes halogenated alkanes) is 1. The average molecular weight is 649 g/mol. The van der Waals surface area contributed by atoms with E-state index in [9.17, 15) is 13.2 Å². The Bertz CT molecular complexity index is 1740. The SMILES string of the molecule is CCCCC1=NC2(CC3C[C@H]3C2)C(=O)N1Cc1ccc(-c2ccccc2S(=O)(=O)N(COC)c2noc(C)c2C)c(COCC)c1. The van der Waals surface area contributed by atoms with Crippen LogP contribution in [0.5, 0.6) is 0 Å². The molecule has 10 nitrogen and oxygen atoms in total. The van der Waals surface area contributed by atoms with Crippen LogP contribution in [0.2, 0.25) is 0 Å². The molecular formula is C35H44N4O6S. The van der Waals surface area contributed by atoms with E-state index >= 15 is 0 Å². The van der Waals surface area contributed by atoms with Crippen LogP contribution < -0.4 is 4.31 Å². The number of aromatic nitrogens is 1. The van der Waals surface area contributed by atoms with Crippen molar-refractivity contribution >= 4 is 27.6 Å². The fraction of sp³-hybridized carbons (Fsp3) is 0.514. The highest BCUT2D eigenvalue weighted by Gasteiger charge is 2.61. The highest BCUT2D eigenvalue weighted by molar-refractivity contribution is 7.93. The van der Waals surface area contributed by atoms with E-state index in [1.165, 1.54) is 13.5 Å². The molecule has 1 aromatic heterocycles. The van der Waals surface area contributed by atoms with Gasteiger partial charge in [-0.25, -0.2) is 12.7 Å². The molecule has 1 aliphatic heterocycles. The van der Waals surface area contributed by atoms with Gasteiger partial charge in [-0.2, -0.15) is 0 Å². The van der Waals surface area contributed by atoms with Gasteiger partial charge in [0.1, 0.15) is 23.9 Å². The third-order valence-electron chi connectivity index (χ3n) is 9.65. The van der Waals surface area contributed by atoms with Gasteiger partial charge in [0.2, 0.25) is 0 Å². The highest BCUT2D eigenvalue weighted by Crippen LogP contribution is 2.59. The molecule has 0 radical (unpaired) electrons. The molecule has 2 aliphatic carbocycles. The first-order valence-corrected chi connectivity index (χ1v) is 17.7. The summed E-state index contributed by atoms with van der Waals surface area (Å²) in [5.74, 6) is 3.04. The van der Waals surface area contributed by atoms with E-state index < -0.39 is 15.6 Å². The number of hydrogen-bond acceptors (Lipinski definition) is 8. The zero-order valence-corrected chi connectivity index (χ0v) is 28.2. The number of ether oxygens (including phenoxy) is 2. The maximum atomic E-state index is 14.3. The fourth-order valence-electron chi connectivity index (χ4n) is 6.99. The molecule has 1 spiro atoms. The minimum absolute atomic E-state index is 0.114. The Morgan fingerprint density at radius 1 is 1.09 bits per heavy atom. The van der Waals surface area contributed by atoms with Crippen molar-refractivity contribution < 1.29 is 27.2 Å². The molecule has 11 heteroatoms. The zero-order chi connectivity index (χ0) is 32.6. The molecule has 2 aromatic carbocycles. The number of carbonyl (C=O) groups is 1. The van der Waals surface area contributed by atoms with Gasteiger partial charge in [-0.05, 0) is 81.0 Å². The van der Waals surface area contributed by atoms with E-state index in [4.69, 9.17) is 19.0 Å². The van der Waals surface area contributed by atoms with Crippen molar-refractivity contribution in [3.8, 4) is 11.1 Å². The Morgan fingerprint density at radius 3 is 2.52 bits per heavy atom. The normalized spacial score (nSPS) is 22.1. The van der Waals surface area contributed by atoms with E-state index in [-0.39, 0.29) is 30.0 Å². The van der Waals surface area contributed by atoms with Gasteiger partial charge in [-0.15, -0.1) is 0 Å². The van der Waals surface area contributed by atoms with Crippen LogP contribution in [0.4, 0.5) is 5.82 Å². The Balaban J connectivity index is 1.35. The van der Waals surface area contributed by atoms with Gasteiger partial charge in [0.05, 0.1) is 18.0 Å². The number of fused-ring (bicyclic) bond motifs is 1. The second-order valence-electron chi connectivity index (χ2n) is 12.8. The maximum absolute atomic E-state index is 14.3. The Morgan fingerprint density at radius 2 is 1.85 bits per heavy atom. The van der Waals surface area contributed by atoms with Gasteiger partial charge in [-0.3, -0.25) is 14.7 Å². The van der Waals surface area contributed by atoms with Crippen molar-refractivity contribution in [2.75, 3.05) is 24.8 Å². The summed E-state index contributed by atoms with van der Waals surface area (Å²) in [4.78, 5) is 21.1. The van der Waals surface area contributed by atoms with Gasteiger partial charge in [-0.1, -0.05) is 54.9 Å². The smallest absolute Gasteiger partial charge is 0.268 e. The number of methoxy groups -OCH3 is 1. The molecule has 3 atom stereocenters. The van der Waals surface area contributed by atoms with Crippen molar-refractivity contribution in [1.82, 2.24) is 10.1 Å². The molecule has 0 saturated heterocycles. The summed E-state index contributed by atoms with van der Waals surface area (Å²) in [5, 5.41) is 4.04. The average Bonchev–Trinajstić information content (AvgIpc) is 3.43. The first kappa shape index (κ1) is 32.4. The molecule has 6 rings (SSSR count). The van der Waals surface area contributed by atoms with E-state index in [0.29, 0.717) is 41.9 Å². The van der Waals surface area contributed by atoms with Gasteiger partial charge in [0.25, 0.3) is 15.9 Å². The summed E-state index contributed by atoms with van der Waals surface area (Å²) >= 11 is 0. The molecule has 3 aliphatic rings. The molecule has 0 N–H and O–H groups in total. The van der Waals surface area contributed by atoms with Crippen LogP contribution in [0.25, 0.3) is 11.1 Å². The second kappa shape index (κ2) is 12.9. The number of sulfonamides is 1. The Hall–Kier alpha value is -3.54. The van der Waals surface area contributed by atoms with E-state index in [1.54, 1.807) is 32.0 Å². The van der Waals surface area contributed by atoms with Crippen LogP contribution in [-0.2, 0) is 37.4 Å². The van der Waals surface area contributed by atoms with Gasteiger partial charge >= 0.3 is 0 Å². The summed E-state index contributed by atoms with van der Waals surface area (Å²) in [6.07, 6.45) is 5.78. The van der Waals surface area contributed by atoms with Crippen molar-refractivity contribution in [2.24, 2.45) is 16.8 Å². The summed E-state index contributed by atoms with van der Waals surface area (Å²) in [7, 11) is -2.69. The minimum Gasteiger partial charge on any atom is -0.377 e. The Kier molecular flexibility index (Phi) is 9.11. The highest BCUT2D eigenvalue weighted by atomic mass is 32.2. The number of anilines is 1. The van der Waals surface area contributed by atoms with E-state index in [0.717, 1.165) is 58.9 Å². The lowest BCUT2D eigenvalue weighted by Gasteiger charge is -2.25. The minimum atomic E-state index is -4.13. The molecule has 2 heterocycles. The Labute approximate surface area is 271 Å². The molecule has 2 unspecified atom stereocenters. The zero-order valence-electron chi connectivity index (χ0n) is 27.4. The summed E-state index contributed by atoms with van der Waals surface area (Å²) in [6.45, 7) is 8.56. The number of amidine groups is 1. The number of carbonyl (C=O) groups excluding carboxylic acids is 1. The van der Waals surface area contributed by atoms with Crippen molar-refractivity contribution in [1.29, 1.82) is 0 Å². The topological polar surface area (TPSA) is 115 Å². The van der Waals surface area contributed by atoms with Crippen molar-refractivity contribution in [2.45, 2.75) is 89.8 Å². The quantitative estimate of drug-likeness (QED) is 0.186. The molecule has 1 amide bonds. The lowest BCUT2D eigenvalue weighted by Crippen LogP contribution is -2.41. The third-order valence-corrected chi connectivity index (χ3v) is 11.4. The predicted molar refractivity (Wildman–Crippen MR) is 176 cm³/mol. The van der Waals surface area contributed by atoms with E-state index in [1.807, 2.05) is 36.1 Å². The van der Waals surface area contributed by atoms with Crippen LogP contribution in [0.3, 0.4) is 0 Å². The monoisotopic (exact) mass is 648 g/mol. The molecule has 2 fully saturated rings. The first-order chi connectivity index (χ1) is 22.1. The number of rotatable bonds is 14.